The van der Waals surface area contributed by atoms with Gasteiger partial charge in [-0.1, -0.05) is 48.9 Å². The van der Waals surface area contributed by atoms with E-state index in [1.165, 1.54) is 5.56 Å². The molecule has 0 unspecified atom stereocenters. The zero-order chi connectivity index (χ0) is 8.65. The maximum Gasteiger partial charge on any atom is 1.00 e. The Bertz CT molecular complexity index is 231. The molecule has 0 saturated heterocycles. The third-order valence-corrected chi connectivity index (χ3v) is 1.65. The molecule has 2 heteroatoms. The van der Waals surface area contributed by atoms with Gasteiger partial charge in [0.05, 0.1) is 0 Å². The second-order valence-electron chi connectivity index (χ2n) is 2.65. The van der Waals surface area contributed by atoms with Crippen LogP contribution in [0.25, 0.3) is 0 Å². The first-order valence-electron chi connectivity index (χ1n) is 4.20. The summed E-state index contributed by atoms with van der Waals surface area (Å²) in [5, 5.41) is 10.1. The first kappa shape index (κ1) is 12.5. The van der Waals surface area contributed by atoms with E-state index >= 15 is 0 Å². The van der Waals surface area contributed by atoms with Gasteiger partial charge in [-0.15, -0.1) is 6.61 Å². The summed E-state index contributed by atoms with van der Waals surface area (Å²) in [6.45, 7) is -0.00864. The van der Waals surface area contributed by atoms with Gasteiger partial charge in [-0.3, -0.25) is 0 Å². The van der Waals surface area contributed by atoms with Gasteiger partial charge in [0.2, 0.25) is 0 Å². The summed E-state index contributed by atoms with van der Waals surface area (Å²) in [5.41, 5.74) is 1.29. The summed E-state index contributed by atoms with van der Waals surface area (Å²) in [6, 6.07) is 10.2. The number of hydrogen-bond donors (Lipinski definition) is 0. The van der Waals surface area contributed by atoms with Crippen LogP contribution in [-0.4, -0.2) is 6.61 Å². The normalized spacial score (nSPS) is 9.92. The molecule has 1 aromatic rings. The van der Waals surface area contributed by atoms with E-state index in [1.54, 1.807) is 0 Å². The summed E-state index contributed by atoms with van der Waals surface area (Å²) < 4.78 is 0. The Morgan fingerprint density at radius 1 is 1.08 bits per heavy atom. The largest absolute Gasteiger partial charge is 1.00 e. The molecule has 0 amide bonds. The van der Waals surface area contributed by atoms with Crippen molar-refractivity contribution in [2.75, 3.05) is 6.61 Å². The molecule has 0 aliphatic rings. The van der Waals surface area contributed by atoms with E-state index in [0.29, 0.717) is 6.42 Å². The Balaban J connectivity index is 0.00000144. The molecule has 0 heterocycles. The summed E-state index contributed by atoms with van der Waals surface area (Å²) in [7, 11) is 0. The molecule has 13 heavy (non-hydrogen) atoms. The quantitative estimate of drug-likeness (QED) is 0.398. The maximum atomic E-state index is 10.1. The van der Waals surface area contributed by atoms with Crippen LogP contribution in [0.4, 0.5) is 0 Å². The minimum atomic E-state index is -0.00864. The van der Waals surface area contributed by atoms with Gasteiger partial charge in [0.1, 0.15) is 0 Å². The third kappa shape index (κ3) is 5.71. The van der Waals surface area contributed by atoms with Gasteiger partial charge in [0.25, 0.3) is 0 Å². The second kappa shape index (κ2) is 8.13. The molecule has 0 saturated carbocycles. The minimum absolute atomic E-state index is 0. The molecule has 0 spiro atoms. The van der Waals surface area contributed by atoms with Crippen LogP contribution in [0, 0.1) is 0 Å². The van der Waals surface area contributed by atoms with E-state index in [9.17, 15) is 5.11 Å². The monoisotopic (exact) mass is 168 g/mol. The molecule has 0 aromatic heterocycles. The van der Waals surface area contributed by atoms with Gasteiger partial charge in [-0.25, -0.2) is 0 Å². The van der Waals surface area contributed by atoms with Crippen molar-refractivity contribution in [1.29, 1.82) is 0 Å². The smallest absolute Gasteiger partial charge is 0.854 e. The molecule has 1 nitrogen and oxygen atoms in total. The molecule has 0 aliphatic carbocycles. The summed E-state index contributed by atoms with van der Waals surface area (Å²) >= 11 is 0. The van der Waals surface area contributed by atoms with Crippen molar-refractivity contribution in [1.82, 2.24) is 0 Å². The Hall–Kier alpha value is -0.483. The van der Waals surface area contributed by atoms with Crippen LogP contribution < -0.4 is 24.0 Å². The van der Waals surface area contributed by atoms with E-state index in [-0.39, 0.29) is 25.5 Å². The van der Waals surface area contributed by atoms with Crippen LogP contribution in [-0.2, 0) is 6.42 Å². The summed E-state index contributed by atoms with van der Waals surface area (Å²) in [6.07, 6.45) is 5.57. The van der Waals surface area contributed by atoms with Crippen LogP contribution in [0.3, 0.4) is 0 Å². The Morgan fingerprint density at radius 3 is 2.38 bits per heavy atom. The fourth-order valence-electron chi connectivity index (χ4n) is 1.02. The molecule has 0 N–H and O–H groups in total. The van der Waals surface area contributed by atoms with Crippen molar-refractivity contribution in [2.45, 2.75) is 12.8 Å². The number of rotatable bonds is 4. The van der Waals surface area contributed by atoms with E-state index in [0.717, 1.165) is 6.42 Å². The van der Waals surface area contributed by atoms with Gasteiger partial charge >= 0.3 is 18.9 Å². The SMILES string of the molecule is [Li+].[O-]CC/C=C\Cc1ccccc1. The van der Waals surface area contributed by atoms with E-state index in [2.05, 4.69) is 12.1 Å². The van der Waals surface area contributed by atoms with Crippen LogP contribution in [0.5, 0.6) is 0 Å². The fraction of sp³-hybridized carbons (Fsp3) is 0.273. The average Bonchev–Trinajstić information content (AvgIpc) is 2.14. The third-order valence-electron chi connectivity index (χ3n) is 1.65. The Morgan fingerprint density at radius 2 is 1.77 bits per heavy atom. The standard InChI is InChI=1S/C11H13O.Li/c12-10-6-2-5-9-11-7-3-1-4-8-11;/h1-5,7-8H,6,9-10H2;/q-1;+1/b5-2-;. The summed E-state index contributed by atoms with van der Waals surface area (Å²) in [4.78, 5) is 0. The Labute approximate surface area is 91.7 Å². The molecule has 0 bridgehead atoms. The zero-order valence-electron chi connectivity index (χ0n) is 8.07. The van der Waals surface area contributed by atoms with Gasteiger partial charge < -0.3 is 5.11 Å². The number of allylic oxidation sites excluding steroid dienone is 1. The van der Waals surface area contributed by atoms with Gasteiger partial charge in [-0.05, 0) is 12.0 Å². The van der Waals surface area contributed by atoms with Crippen molar-refractivity contribution in [3.63, 3.8) is 0 Å². The van der Waals surface area contributed by atoms with Crippen LogP contribution in [0.2, 0.25) is 0 Å². The van der Waals surface area contributed by atoms with Crippen LogP contribution >= 0.6 is 0 Å². The molecule has 0 radical (unpaired) electrons. The zero-order valence-corrected chi connectivity index (χ0v) is 8.07. The minimum Gasteiger partial charge on any atom is -0.854 e. The topological polar surface area (TPSA) is 23.1 Å². The molecule has 1 rings (SSSR count). The van der Waals surface area contributed by atoms with Gasteiger partial charge in [-0.2, -0.15) is 0 Å². The second-order valence-corrected chi connectivity index (χ2v) is 2.65. The maximum absolute atomic E-state index is 10.1. The van der Waals surface area contributed by atoms with Crippen LogP contribution in [0.15, 0.2) is 42.5 Å². The van der Waals surface area contributed by atoms with Crippen LogP contribution in [0.1, 0.15) is 12.0 Å². The fourth-order valence-corrected chi connectivity index (χ4v) is 1.02. The number of benzene rings is 1. The van der Waals surface area contributed by atoms with E-state index < -0.39 is 0 Å². The first-order chi connectivity index (χ1) is 5.93. The summed E-state index contributed by atoms with van der Waals surface area (Å²) in [5.74, 6) is 0. The van der Waals surface area contributed by atoms with E-state index in [1.807, 2.05) is 30.4 Å². The van der Waals surface area contributed by atoms with Crippen molar-refractivity contribution in [3.8, 4) is 0 Å². The molecule has 0 atom stereocenters. The molecule has 0 aliphatic heterocycles. The van der Waals surface area contributed by atoms with Gasteiger partial charge in [0, 0.05) is 0 Å². The van der Waals surface area contributed by atoms with Crippen molar-refractivity contribution >= 4 is 0 Å². The molecule has 64 valence electrons. The Kier molecular flexibility index (Phi) is 7.83. The van der Waals surface area contributed by atoms with Crippen molar-refractivity contribution in [2.24, 2.45) is 0 Å². The molecular formula is C11H13LiO. The molecule has 0 fully saturated rings. The molecular weight excluding hydrogens is 155 g/mol. The predicted octanol–water partition coefficient (Wildman–Crippen LogP) is -1.46. The van der Waals surface area contributed by atoms with E-state index in [4.69, 9.17) is 0 Å². The average molecular weight is 168 g/mol. The van der Waals surface area contributed by atoms with Crippen molar-refractivity contribution in [3.05, 3.63) is 48.0 Å². The van der Waals surface area contributed by atoms with Gasteiger partial charge in [0.15, 0.2) is 0 Å². The first-order valence-corrected chi connectivity index (χ1v) is 4.20. The van der Waals surface area contributed by atoms with Crippen molar-refractivity contribution < 1.29 is 24.0 Å². The number of hydrogen-bond acceptors (Lipinski definition) is 1. The predicted molar refractivity (Wildman–Crippen MR) is 48.8 cm³/mol. The molecule has 1 aromatic carbocycles.